The largest absolute Gasteiger partial charge is 0.394 e. The summed E-state index contributed by atoms with van der Waals surface area (Å²) in [5, 5.41) is 17.8. The van der Waals surface area contributed by atoms with Gasteiger partial charge in [-0.1, -0.05) is 22.0 Å². The van der Waals surface area contributed by atoms with Crippen molar-refractivity contribution in [2.24, 2.45) is 5.73 Å². The molecule has 0 bridgehead atoms. The van der Waals surface area contributed by atoms with E-state index in [-0.39, 0.29) is 6.61 Å². The lowest BCUT2D eigenvalue weighted by Gasteiger charge is -2.08. The molecule has 1 atom stereocenters. The highest BCUT2D eigenvalue weighted by atomic mass is 79.9. The van der Waals surface area contributed by atoms with E-state index in [1.807, 2.05) is 18.2 Å². The van der Waals surface area contributed by atoms with Crippen molar-refractivity contribution < 1.29 is 10.2 Å². The predicted molar refractivity (Wildman–Crippen MR) is 65.9 cm³/mol. The summed E-state index contributed by atoms with van der Waals surface area (Å²) in [6.45, 7) is 0.305. The van der Waals surface area contributed by atoms with Crippen LogP contribution in [0.25, 0.3) is 0 Å². The monoisotopic (exact) mass is 291 g/mol. The molecule has 0 spiro atoms. The fraction of sp³-hybridized carbons (Fsp3) is 0.400. The summed E-state index contributed by atoms with van der Waals surface area (Å²) in [4.78, 5) is 1.05. The topological polar surface area (TPSA) is 66.5 Å². The molecule has 0 aromatic heterocycles. The average molecular weight is 292 g/mol. The number of aliphatic hydroxyl groups excluding tert-OH is 2. The number of thioether (sulfide) groups is 1. The number of hydrogen-bond acceptors (Lipinski definition) is 4. The van der Waals surface area contributed by atoms with E-state index in [0.29, 0.717) is 12.3 Å². The number of aliphatic hydroxyl groups is 2. The summed E-state index contributed by atoms with van der Waals surface area (Å²) in [5.74, 6) is 0.491. The van der Waals surface area contributed by atoms with Gasteiger partial charge in [-0.3, -0.25) is 0 Å². The fourth-order valence-electron chi connectivity index (χ4n) is 1.03. The molecule has 4 N–H and O–H groups in total. The number of halogens is 1. The van der Waals surface area contributed by atoms with Gasteiger partial charge in [-0.05, 0) is 17.7 Å². The molecule has 84 valence electrons. The third kappa shape index (κ3) is 4.12. The van der Waals surface area contributed by atoms with Gasteiger partial charge in [0.15, 0.2) is 0 Å². The zero-order valence-electron chi connectivity index (χ0n) is 8.19. The smallest absolute Gasteiger partial charge is 0.0864 e. The lowest BCUT2D eigenvalue weighted by molar-refractivity contribution is 0.113. The molecule has 0 saturated carbocycles. The van der Waals surface area contributed by atoms with Crippen LogP contribution >= 0.6 is 27.7 Å². The molecule has 5 heteroatoms. The van der Waals surface area contributed by atoms with Gasteiger partial charge in [-0.15, -0.1) is 11.8 Å². The number of hydrogen-bond donors (Lipinski definition) is 3. The normalized spacial score (nSPS) is 12.8. The maximum absolute atomic E-state index is 9.19. The second-order valence-electron chi connectivity index (χ2n) is 3.10. The van der Waals surface area contributed by atoms with Crippen molar-refractivity contribution in [1.29, 1.82) is 0 Å². The van der Waals surface area contributed by atoms with E-state index in [9.17, 15) is 5.11 Å². The molecule has 1 unspecified atom stereocenters. The van der Waals surface area contributed by atoms with Crippen LogP contribution in [0.1, 0.15) is 5.56 Å². The Hall–Kier alpha value is -0.0700. The van der Waals surface area contributed by atoms with Gasteiger partial charge in [0.05, 0.1) is 12.7 Å². The molecule has 0 radical (unpaired) electrons. The Morgan fingerprint density at radius 2 is 2.20 bits per heavy atom. The molecule has 0 fully saturated rings. The quantitative estimate of drug-likeness (QED) is 0.717. The van der Waals surface area contributed by atoms with Crippen LogP contribution in [-0.4, -0.2) is 28.7 Å². The highest BCUT2D eigenvalue weighted by molar-refractivity contribution is 9.10. The van der Waals surface area contributed by atoms with Crippen molar-refractivity contribution in [2.45, 2.75) is 17.5 Å². The van der Waals surface area contributed by atoms with E-state index < -0.39 is 6.10 Å². The Morgan fingerprint density at radius 3 is 2.73 bits per heavy atom. The first-order chi connectivity index (χ1) is 7.17. The third-order valence-electron chi connectivity index (χ3n) is 1.90. The zero-order chi connectivity index (χ0) is 11.3. The van der Waals surface area contributed by atoms with Gasteiger partial charge in [0.25, 0.3) is 0 Å². The first-order valence-electron chi connectivity index (χ1n) is 4.57. The number of benzene rings is 1. The van der Waals surface area contributed by atoms with Crippen molar-refractivity contribution in [3.63, 3.8) is 0 Å². The van der Waals surface area contributed by atoms with Crippen LogP contribution in [0.4, 0.5) is 0 Å². The van der Waals surface area contributed by atoms with Crippen molar-refractivity contribution in [1.82, 2.24) is 0 Å². The minimum absolute atomic E-state index is 0.199. The highest BCUT2D eigenvalue weighted by Gasteiger charge is 2.04. The number of rotatable bonds is 5. The molecule has 3 nitrogen and oxygen atoms in total. The van der Waals surface area contributed by atoms with Crippen LogP contribution in [0.15, 0.2) is 27.6 Å². The van der Waals surface area contributed by atoms with Gasteiger partial charge in [0, 0.05) is 21.7 Å². The SMILES string of the molecule is NCc1ccc(SCC(O)CO)cc1Br. The van der Waals surface area contributed by atoms with Crippen LogP contribution in [0, 0.1) is 0 Å². The molecule has 0 amide bonds. The Bertz CT molecular complexity index is 322. The molecular weight excluding hydrogens is 278 g/mol. The van der Waals surface area contributed by atoms with E-state index in [4.69, 9.17) is 10.8 Å². The predicted octanol–water partition coefficient (Wildman–Crippen LogP) is 1.35. The fourth-order valence-corrected chi connectivity index (χ4v) is 2.58. The molecule has 1 rings (SSSR count). The summed E-state index contributed by atoms with van der Waals surface area (Å²) in [5.41, 5.74) is 6.59. The number of nitrogens with two attached hydrogens (primary N) is 1. The maximum atomic E-state index is 9.19. The van der Waals surface area contributed by atoms with E-state index in [2.05, 4.69) is 15.9 Å². The molecule has 0 aliphatic rings. The van der Waals surface area contributed by atoms with Gasteiger partial charge in [0.2, 0.25) is 0 Å². The molecule has 15 heavy (non-hydrogen) atoms. The molecule has 0 aliphatic heterocycles. The van der Waals surface area contributed by atoms with Crippen LogP contribution in [0.5, 0.6) is 0 Å². The lowest BCUT2D eigenvalue weighted by atomic mass is 10.2. The summed E-state index contributed by atoms with van der Waals surface area (Å²) in [7, 11) is 0. The van der Waals surface area contributed by atoms with Gasteiger partial charge < -0.3 is 15.9 Å². The second kappa shape index (κ2) is 6.50. The Morgan fingerprint density at radius 1 is 1.47 bits per heavy atom. The Kier molecular flexibility index (Phi) is 5.63. The summed E-state index contributed by atoms with van der Waals surface area (Å²) in [6, 6.07) is 5.89. The zero-order valence-corrected chi connectivity index (χ0v) is 10.6. The first kappa shape index (κ1) is 13.0. The van der Waals surface area contributed by atoms with Gasteiger partial charge in [-0.2, -0.15) is 0 Å². The average Bonchev–Trinajstić information content (AvgIpc) is 2.26. The molecular formula is C10H14BrNO2S. The van der Waals surface area contributed by atoms with Crippen LogP contribution in [0.2, 0.25) is 0 Å². The van der Waals surface area contributed by atoms with Crippen molar-refractivity contribution >= 4 is 27.7 Å². The highest BCUT2D eigenvalue weighted by Crippen LogP contribution is 2.25. The molecule has 0 heterocycles. The van der Waals surface area contributed by atoms with E-state index >= 15 is 0 Å². The standard InChI is InChI=1S/C10H14BrNO2S/c11-10-3-9(2-1-7(10)4-12)15-6-8(14)5-13/h1-3,8,13-14H,4-6,12H2. The van der Waals surface area contributed by atoms with Gasteiger partial charge in [0.1, 0.15) is 0 Å². The summed E-state index contributed by atoms with van der Waals surface area (Å²) >= 11 is 4.93. The van der Waals surface area contributed by atoms with Crippen molar-refractivity contribution in [2.75, 3.05) is 12.4 Å². The lowest BCUT2D eigenvalue weighted by Crippen LogP contribution is -2.14. The third-order valence-corrected chi connectivity index (χ3v) is 3.77. The minimum atomic E-state index is -0.664. The van der Waals surface area contributed by atoms with E-state index in [1.54, 1.807) is 0 Å². The molecule has 1 aromatic carbocycles. The minimum Gasteiger partial charge on any atom is -0.394 e. The molecule has 0 saturated heterocycles. The van der Waals surface area contributed by atoms with Crippen molar-refractivity contribution in [3.8, 4) is 0 Å². The Labute approximate surface area is 102 Å². The maximum Gasteiger partial charge on any atom is 0.0864 e. The van der Waals surface area contributed by atoms with Gasteiger partial charge >= 0.3 is 0 Å². The van der Waals surface area contributed by atoms with Crippen LogP contribution in [-0.2, 0) is 6.54 Å². The molecule has 0 aliphatic carbocycles. The Balaban J connectivity index is 2.59. The second-order valence-corrected chi connectivity index (χ2v) is 5.05. The van der Waals surface area contributed by atoms with Crippen LogP contribution < -0.4 is 5.73 Å². The van der Waals surface area contributed by atoms with E-state index in [1.165, 1.54) is 11.8 Å². The summed E-state index contributed by atoms with van der Waals surface area (Å²) < 4.78 is 0.980. The van der Waals surface area contributed by atoms with Crippen LogP contribution in [0.3, 0.4) is 0 Å². The van der Waals surface area contributed by atoms with Gasteiger partial charge in [-0.25, -0.2) is 0 Å². The first-order valence-corrected chi connectivity index (χ1v) is 6.35. The van der Waals surface area contributed by atoms with E-state index in [0.717, 1.165) is 14.9 Å². The van der Waals surface area contributed by atoms with Crippen molar-refractivity contribution in [3.05, 3.63) is 28.2 Å². The summed E-state index contributed by atoms with van der Waals surface area (Å²) in [6.07, 6.45) is -0.664. The molecule has 1 aromatic rings.